The van der Waals surface area contributed by atoms with Crippen molar-refractivity contribution in [2.45, 2.75) is 19.3 Å². The second-order valence-corrected chi connectivity index (χ2v) is 12.5. The lowest BCUT2D eigenvalue weighted by atomic mass is 9.81. The van der Waals surface area contributed by atoms with Gasteiger partial charge in [0.15, 0.2) is 17.5 Å². The van der Waals surface area contributed by atoms with Crippen LogP contribution in [0.15, 0.2) is 146 Å². The Labute approximate surface area is 274 Å². The van der Waals surface area contributed by atoms with Crippen LogP contribution in [0.5, 0.6) is 0 Å². The zero-order chi connectivity index (χ0) is 32.0. The molecule has 1 aliphatic rings. The first-order valence-corrected chi connectivity index (χ1v) is 15.8. The minimum atomic E-state index is -0.239. The SMILES string of the molecule is CC1(C)c2cc(C#N)ccc2-c2ccc(-c3cc(-c4ccccc4)cc(-c4nc(-c5ccccc5)nc(-c5ccccc5)n4)c3)cc21. The van der Waals surface area contributed by atoms with Crippen molar-refractivity contribution in [1.29, 1.82) is 5.26 Å². The van der Waals surface area contributed by atoms with Crippen molar-refractivity contribution in [2.75, 3.05) is 0 Å². The summed E-state index contributed by atoms with van der Waals surface area (Å²) >= 11 is 0. The van der Waals surface area contributed by atoms with E-state index in [2.05, 4.69) is 86.6 Å². The highest BCUT2D eigenvalue weighted by atomic mass is 15.0. The molecule has 0 saturated heterocycles. The van der Waals surface area contributed by atoms with Gasteiger partial charge in [-0.05, 0) is 80.9 Å². The summed E-state index contributed by atoms with van der Waals surface area (Å²) in [4.78, 5) is 15.0. The Hall–Kier alpha value is -6.18. The first-order chi connectivity index (χ1) is 23.0. The van der Waals surface area contributed by atoms with Crippen molar-refractivity contribution in [3.63, 3.8) is 0 Å². The average molecular weight is 603 g/mol. The number of aromatic nitrogens is 3. The fourth-order valence-corrected chi connectivity index (χ4v) is 6.64. The Morgan fingerprint density at radius 3 is 1.43 bits per heavy atom. The molecule has 0 atom stereocenters. The van der Waals surface area contributed by atoms with E-state index in [1.165, 1.54) is 22.3 Å². The number of rotatable bonds is 5. The molecule has 47 heavy (non-hydrogen) atoms. The smallest absolute Gasteiger partial charge is 0.164 e. The lowest BCUT2D eigenvalue weighted by molar-refractivity contribution is 0.660. The van der Waals surface area contributed by atoms with E-state index >= 15 is 0 Å². The second kappa shape index (κ2) is 11.3. The van der Waals surface area contributed by atoms with Gasteiger partial charge in [0.1, 0.15) is 0 Å². The van der Waals surface area contributed by atoms with Crippen molar-refractivity contribution < 1.29 is 0 Å². The van der Waals surface area contributed by atoms with Crippen LogP contribution < -0.4 is 0 Å². The Morgan fingerprint density at radius 1 is 0.426 bits per heavy atom. The maximum atomic E-state index is 9.59. The zero-order valence-electron chi connectivity index (χ0n) is 26.1. The van der Waals surface area contributed by atoms with E-state index in [-0.39, 0.29) is 5.41 Å². The molecule has 1 heterocycles. The molecule has 0 fully saturated rings. The third-order valence-corrected chi connectivity index (χ3v) is 9.14. The Balaban J connectivity index is 1.32. The predicted molar refractivity (Wildman–Crippen MR) is 189 cm³/mol. The fourth-order valence-electron chi connectivity index (χ4n) is 6.64. The fraction of sp³-hybridized carbons (Fsp3) is 0.0698. The molecule has 1 aromatic heterocycles. The molecule has 222 valence electrons. The molecular formula is C43H30N4. The molecule has 7 aromatic rings. The molecule has 4 nitrogen and oxygen atoms in total. The number of benzene rings is 6. The summed E-state index contributed by atoms with van der Waals surface area (Å²) in [5.74, 6) is 1.89. The number of hydrogen-bond donors (Lipinski definition) is 0. The predicted octanol–water partition coefficient (Wildman–Crippen LogP) is 10.4. The topological polar surface area (TPSA) is 62.5 Å². The highest BCUT2D eigenvalue weighted by Crippen LogP contribution is 2.50. The summed E-state index contributed by atoms with van der Waals surface area (Å²) < 4.78 is 0. The summed E-state index contributed by atoms with van der Waals surface area (Å²) in [6.07, 6.45) is 0. The van der Waals surface area contributed by atoms with Gasteiger partial charge >= 0.3 is 0 Å². The molecule has 0 unspecified atom stereocenters. The van der Waals surface area contributed by atoms with Crippen LogP contribution in [0.4, 0.5) is 0 Å². The molecule has 0 N–H and O–H groups in total. The molecule has 0 radical (unpaired) electrons. The quantitative estimate of drug-likeness (QED) is 0.197. The van der Waals surface area contributed by atoms with Crippen molar-refractivity contribution in [3.8, 4) is 73.6 Å². The second-order valence-electron chi connectivity index (χ2n) is 12.5. The third-order valence-electron chi connectivity index (χ3n) is 9.14. The highest BCUT2D eigenvalue weighted by molar-refractivity contribution is 5.86. The number of nitrogens with zero attached hydrogens (tertiary/aromatic N) is 4. The van der Waals surface area contributed by atoms with Gasteiger partial charge in [0.25, 0.3) is 0 Å². The van der Waals surface area contributed by atoms with E-state index < -0.39 is 0 Å². The first kappa shape index (κ1) is 28.3. The van der Waals surface area contributed by atoms with E-state index in [0.717, 1.165) is 38.9 Å². The monoisotopic (exact) mass is 602 g/mol. The average Bonchev–Trinajstić information content (AvgIpc) is 3.37. The van der Waals surface area contributed by atoms with E-state index in [0.29, 0.717) is 23.0 Å². The Kier molecular flexibility index (Phi) is 6.82. The lowest BCUT2D eigenvalue weighted by Crippen LogP contribution is -2.15. The summed E-state index contributed by atoms with van der Waals surface area (Å²) in [5.41, 5.74) is 12.5. The number of hydrogen-bond acceptors (Lipinski definition) is 4. The van der Waals surface area contributed by atoms with Gasteiger partial charge in [-0.1, -0.05) is 123 Å². The van der Waals surface area contributed by atoms with Gasteiger partial charge in [-0.15, -0.1) is 0 Å². The molecule has 4 heteroatoms. The molecule has 1 aliphatic carbocycles. The maximum Gasteiger partial charge on any atom is 0.164 e. The van der Waals surface area contributed by atoms with Crippen LogP contribution in [0.1, 0.15) is 30.5 Å². The van der Waals surface area contributed by atoms with Gasteiger partial charge < -0.3 is 0 Å². The highest BCUT2D eigenvalue weighted by Gasteiger charge is 2.35. The minimum absolute atomic E-state index is 0.239. The van der Waals surface area contributed by atoms with Gasteiger partial charge in [0.05, 0.1) is 11.6 Å². The van der Waals surface area contributed by atoms with Crippen molar-refractivity contribution >= 4 is 0 Å². The van der Waals surface area contributed by atoms with Crippen LogP contribution in [-0.2, 0) is 5.41 Å². The summed E-state index contributed by atoms with van der Waals surface area (Å²) in [6.45, 7) is 4.49. The first-order valence-electron chi connectivity index (χ1n) is 15.8. The largest absolute Gasteiger partial charge is 0.208 e. The van der Waals surface area contributed by atoms with E-state index in [1.807, 2.05) is 78.9 Å². The van der Waals surface area contributed by atoms with E-state index in [4.69, 9.17) is 15.0 Å². The molecule has 0 saturated carbocycles. The van der Waals surface area contributed by atoms with Crippen LogP contribution in [0.25, 0.3) is 67.5 Å². The van der Waals surface area contributed by atoms with Crippen LogP contribution in [-0.4, -0.2) is 15.0 Å². The molecule has 0 bridgehead atoms. The summed E-state index contributed by atoms with van der Waals surface area (Å²) in [7, 11) is 0. The zero-order valence-corrected chi connectivity index (χ0v) is 26.1. The van der Waals surface area contributed by atoms with Gasteiger partial charge in [-0.2, -0.15) is 5.26 Å². The Morgan fingerprint density at radius 2 is 0.872 bits per heavy atom. The summed E-state index contributed by atoms with van der Waals surface area (Å²) in [6, 6.07) is 52.3. The minimum Gasteiger partial charge on any atom is -0.208 e. The molecule has 6 aromatic carbocycles. The van der Waals surface area contributed by atoms with Gasteiger partial charge in [-0.25, -0.2) is 15.0 Å². The van der Waals surface area contributed by atoms with Crippen molar-refractivity contribution in [3.05, 3.63) is 162 Å². The number of fused-ring (bicyclic) bond motifs is 3. The molecule has 0 aliphatic heterocycles. The van der Waals surface area contributed by atoms with Crippen molar-refractivity contribution in [2.24, 2.45) is 0 Å². The maximum absolute atomic E-state index is 9.59. The third kappa shape index (κ3) is 5.09. The van der Waals surface area contributed by atoms with Crippen LogP contribution >= 0.6 is 0 Å². The Bertz CT molecular complexity index is 2260. The van der Waals surface area contributed by atoms with Gasteiger partial charge in [0.2, 0.25) is 0 Å². The number of nitriles is 1. The van der Waals surface area contributed by atoms with Gasteiger partial charge in [0, 0.05) is 22.1 Å². The van der Waals surface area contributed by atoms with Crippen LogP contribution in [0.2, 0.25) is 0 Å². The van der Waals surface area contributed by atoms with Crippen LogP contribution in [0.3, 0.4) is 0 Å². The summed E-state index contributed by atoms with van der Waals surface area (Å²) in [5, 5.41) is 9.59. The standard InChI is InChI=1S/C43H30N4/c1-43(2)38-22-28(27-44)18-20-36(38)37-21-19-32(26-39(37)43)34-23-33(29-12-6-3-7-13-29)24-35(25-34)42-46-40(30-14-8-4-9-15-30)45-41(47-42)31-16-10-5-11-17-31/h3-26H,1-2H3. The van der Waals surface area contributed by atoms with Gasteiger partial charge in [-0.3, -0.25) is 0 Å². The normalized spacial score (nSPS) is 12.6. The van der Waals surface area contributed by atoms with E-state index in [1.54, 1.807) is 0 Å². The van der Waals surface area contributed by atoms with E-state index in [9.17, 15) is 5.26 Å². The molecular weight excluding hydrogens is 573 g/mol. The van der Waals surface area contributed by atoms with Crippen molar-refractivity contribution in [1.82, 2.24) is 15.0 Å². The molecule has 0 amide bonds. The lowest BCUT2D eigenvalue weighted by Gasteiger charge is -2.22. The van der Waals surface area contributed by atoms with Crippen LogP contribution in [0, 0.1) is 11.3 Å². The molecule has 8 rings (SSSR count). The molecule has 0 spiro atoms.